The van der Waals surface area contributed by atoms with E-state index in [2.05, 4.69) is 9.53 Å². The maximum absolute atomic E-state index is 12.4. The second-order valence-corrected chi connectivity index (χ2v) is 2.56. The second-order valence-electron chi connectivity index (χ2n) is 2.56. The molecule has 0 spiro atoms. The van der Waals surface area contributed by atoms with Gasteiger partial charge in [-0.2, -0.15) is 18.0 Å². The van der Waals surface area contributed by atoms with E-state index in [-0.39, 0.29) is 12.7 Å². The molecule has 0 rings (SSSR count). The van der Waals surface area contributed by atoms with E-state index in [1.54, 1.807) is 0 Å². The third-order valence-corrected chi connectivity index (χ3v) is 1.40. The van der Waals surface area contributed by atoms with Crippen molar-refractivity contribution in [3.8, 4) is 0 Å². The molecule has 0 heterocycles. The Labute approximate surface area is 92.9 Å². The van der Waals surface area contributed by atoms with E-state index in [9.17, 15) is 22.8 Å². The number of alkyl halides is 3. The number of carbonyl (C=O) groups is 2. The van der Waals surface area contributed by atoms with Gasteiger partial charge in [0.1, 0.15) is 0 Å². The Morgan fingerprint density at radius 2 is 2.00 bits per heavy atom. The van der Waals surface area contributed by atoms with Gasteiger partial charge in [0.25, 0.3) is 0 Å². The minimum atomic E-state index is -5.16. The maximum Gasteiger partial charge on any atom is 0.424 e. The van der Waals surface area contributed by atoms with Crippen molar-refractivity contribution in [1.82, 2.24) is 0 Å². The van der Waals surface area contributed by atoms with Crippen LogP contribution >= 0.6 is 0 Å². The van der Waals surface area contributed by atoms with E-state index in [0.717, 1.165) is 0 Å². The molecule has 6 nitrogen and oxygen atoms in total. The van der Waals surface area contributed by atoms with Crippen LogP contribution < -0.4 is 0 Å². The zero-order valence-electron chi connectivity index (χ0n) is 8.48. The smallest absolute Gasteiger partial charge is 0.424 e. The van der Waals surface area contributed by atoms with Gasteiger partial charge in [-0.15, -0.1) is 0 Å². The minimum absolute atomic E-state index is 0.254. The van der Waals surface area contributed by atoms with Gasteiger partial charge < -0.3 is 15.4 Å². The molecular formula is C8H7F3N2O4. The van der Waals surface area contributed by atoms with Gasteiger partial charge in [-0.3, -0.25) is 0 Å². The molecule has 1 N–H and O–H groups in total. The molecule has 94 valence electrons. The van der Waals surface area contributed by atoms with E-state index in [1.807, 2.05) is 0 Å². The summed E-state index contributed by atoms with van der Waals surface area (Å²) < 4.78 is 41.3. The van der Waals surface area contributed by atoms with Crippen LogP contribution in [0.15, 0.2) is 11.6 Å². The summed E-state index contributed by atoms with van der Waals surface area (Å²) in [7, 11) is 0. The molecule has 0 aliphatic rings. The van der Waals surface area contributed by atoms with Crippen LogP contribution in [0.3, 0.4) is 0 Å². The highest BCUT2D eigenvalue weighted by molar-refractivity contribution is 6.41. The van der Waals surface area contributed by atoms with Crippen LogP contribution in [0.2, 0.25) is 0 Å². The van der Waals surface area contributed by atoms with Crippen LogP contribution in [0.1, 0.15) is 6.92 Å². The average Bonchev–Trinajstić information content (AvgIpc) is 2.15. The molecule has 0 bridgehead atoms. The average molecular weight is 252 g/mol. The number of halogens is 3. The van der Waals surface area contributed by atoms with Crippen LogP contribution in [-0.4, -0.2) is 40.3 Å². The first-order valence-electron chi connectivity index (χ1n) is 4.15. The quantitative estimate of drug-likeness (QED) is 0.263. The monoisotopic (exact) mass is 252 g/mol. The lowest BCUT2D eigenvalue weighted by Crippen LogP contribution is -2.29. The Morgan fingerprint density at radius 3 is 2.29 bits per heavy atom. The van der Waals surface area contributed by atoms with Gasteiger partial charge in [0.2, 0.25) is 0 Å². The van der Waals surface area contributed by atoms with Crippen molar-refractivity contribution >= 4 is 17.7 Å². The summed E-state index contributed by atoms with van der Waals surface area (Å²) in [5.74, 6) is -3.51. The standard InChI is InChI=1S/C8H7F3N2O4/c1-2-17-7(16)6(13-12)4(3-5(14)15)8(9,10)11/h3H,2H2,1H3,(H,14,15)/b4-3-. The summed E-state index contributed by atoms with van der Waals surface area (Å²) in [4.78, 5) is 23.3. The Hall–Kier alpha value is -2.15. The normalized spacial score (nSPS) is 11.6. The molecule has 0 radical (unpaired) electrons. The molecule has 0 amide bonds. The lowest BCUT2D eigenvalue weighted by atomic mass is 10.1. The maximum atomic E-state index is 12.4. The summed E-state index contributed by atoms with van der Waals surface area (Å²) in [6, 6.07) is 0. The van der Waals surface area contributed by atoms with Gasteiger partial charge in [-0.1, -0.05) is 0 Å². The topological polar surface area (TPSA) is 100 Å². The minimum Gasteiger partial charge on any atom is -0.478 e. The van der Waals surface area contributed by atoms with E-state index >= 15 is 0 Å². The van der Waals surface area contributed by atoms with Gasteiger partial charge in [0, 0.05) is 6.08 Å². The van der Waals surface area contributed by atoms with Crippen molar-refractivity contribution in [2.45, 2.75) is 13.1 Å². The number of carbonyl (C=O) groups excluding carboxylic acids is 1. The predicted octanol–water partition coefficient (Wildman–Crippen LogP) is 0.794. The van der Waals surface area contributed by atoms with Gasteiger partial charge in [-0.05, 0) is 6.92 Å². The van der Waals surface area contributed by atoms with Crippen molar-refractivity contribution in [1.29, 1.82) is 0 Å². The highest BCUT2D eigenvalue weighted by Crippen LogP contribution is 2.26. The fourth-order valence-corrected chi connectivity index (χ4v) is 0.812. The Bertz CT molecular complexity index is 407. The number of hydrogen-bond acceptors (Lipinski definition) is 3. The molecule has 0 fully saturated rings. The number of carboxylic acid groups (broad SMARTS) is 1. The van der Waals surface area contributed by atoms with Crippen LogP contribution in [0.4, 0.5) is 13.2 Å². The molecule has 0 aliphatic heterocycles. The molecule has 0 aliphatic carbocycles. The largest absolute Gasteiger partial charge is 0.478 e. The third kappa shape index (κ3) is 4.47. The first kappa shape index (κ1) is 14.8. The number of nitrogens with zero attached hydrogens (tertiary/aromatic N) is 2. The third-order valence-electron chi connectivity index (χ3n) is 1.40. The molecule has 0 saturated carbocycles. The molecule has 0 aromatic heterocycles. The zero-order chi connectivity index (χ0) is 13.6. The summed E-state index contributed by atoms with van der Waals surface area (Å²) in [6.07, 6.45) is -5.45. The van der Waals surface area contributed by atoms with Gasteiger partial charge in [-0.25, -0.2) is 9.59 Å². The lowest BCUT2D eigenvalue weighted by Gasteiger charge is -2.06. The fourth-order valence-electron chi connectivity index (χ4n) is 0.812. The van der Waals surface area contributed by atoms with Crippen molar-refractivity contribution < 1.29 is 37.4 Å². The van der Waals surface area contributed by atoms with Crippen LogP contribution in [-0.2, 0) is 14.3 Å². The van der Waals surface area contributed by atoms with Crippen molar-refractivity contribution in [2.75, 3.05) is 6.61 Å². The van der Waals surface area contributed by atoms with Gasteiger partial charge >= 0.3 is 23.8 Å². The summed E-state index contributed by atoms with van der Waals surface area (Å²) in [5.41, 5.74) is 4.91. The Balaban J connectivity index is 5.54. The van der Waals surface area contributed by atoms with E-state index < -0.39 is 29.4 Å². The van der Waals surface area contributed by atoms with Gasteiger partial charge in [0.05, 0.1) is 6.61 Å². The molecule has 9 heteroatoms. The van der Waals surface area contributed by atoms with E-state index in [4.69, 9.17) is 10.6 Å². The molecule has 17 heavy (non-hydrogen) atoms. The Morgan fingerprint density at radius 1 is 1.47 bits per heavy atom. The first-order valence-corrected chi connectivity index (χ1v) is 4.15. The first-order chi connectivity index (χ1) is 7.73. The number of hydrogen-bond donors (Lipinski definition) is 1. The van der Waals surface area contributed by atoms with E-state index in [0.29, 0.717) is 0 Å². The van der Waals surface area contributed by atoms with Crippen LogP contribution in [0, 0.1) is 0 Å². The van der Waals surface area contributed by atoms with Crippen LogP contribution in [0.25, 0.3) is 5.53 Å². The number of carboxylic acids is 1. The lowest BCUT2D eigenvalue weighted by molar-refractivity contribution is -0.141. The molecular weight excluding hydrogens is 245 g/mol. The number of aliphatic carboxylic acids is 1. The van der Waals surface area contributed by atoms with Crippen LogP contribution in [0.5, 0.6) is 0 Å². The zero-order valence-corrected chi connectivity index (χ0v) is 8.48. The molecule has 0 aromatic carbocycles. The Kier molecular flexibility index (Phi) is 5.07. The van der Waals surface area contributed by atoms with Crippen molar-refractivity contribution in [3.05, 3.63) is 17.2 Å². The summed E-state index contributed by atoms with van der Waals surface area (Å²) in [5, 5.41) is 8.24. The fraction of sp³-hybridized carbons (Fsp3) is 0.375. The highest BCUT2D eigenvalue weighted by Gasteiger charge is 2.46. The molecule has 0 saturated heterocycles. The summed E-state index contributed by atoms with van der Waals surface area (Å²) in [6.45, 7) is 1.07. The summed E-state index contributed by atoms with van der Waals surface area (Å²) >= 11 is 0. The number of rotatable bonds is 4. The predicted molar refractivity (Wildman–Crippen MR) is 47.0 cm³/mol. The molecule has 0 aromatic rings. The molecule has 0 atom stereocenters. The highest BCUT2D eigenvalue weighted by atomic mass is 19.4. The van der Waals surface area contributed by atoms with Gasteiger partial charge in [0.15, 0.2) is 5.57 Å². The van der Waals surface area contributed by atoms with Crippen molar-refractivity contribution in [2.24, 2.45) is 0 Å². The number of esters is 1. The van der Waals surface area contributed by atoms with Crippen molar-refractivity contribution in [3.63, 3.8) is 0 Å². The SMILES string of the molecule is CCOC(=O)C(=[N+]=[N-])/C(=C/C(=O)O)C(F)(F)F. The van der Waals surface area contributed by atoms with E-state index in [1.165, 1.54) is 6.92 Å². The molecule has 0 unspecified atom stereocenters. The second kappa shape index (κ2) is 5.80. The number of ether oxygens (including phenoxy) is 1.